The summed E-state index contributed by atoms with van der Waals surface area (Å²) in [5.74, 6) is 0.955. The highest BCUT2D eigenvalue weighted by Crippen LogP contribution is 2.27. The molecule has 1 amide bonds. The fourth-order valence-electron chi connectivity index (χ4n) is 2.22. The smallest absolute Gasteiger partial charge is 0.220 e. The average Bonchev–Trinajstić information content (AvgIpc) is 2.27. The molecule has 1 saturated carbocycles. The number of halogens is 1. The molecule has 1 fully saturated rings. The molecule has 0 saturated heterocycles. The number of rotatable bonds is 5. The molecule has 0 spiro atoms. The van der Waals surface area contributed by atoms with Crippen molar-refractivity contribution < 1.29 is 4.79 Å². The van der Waals surface area contributed by atoms with E-state index >= 15 is 0 Å². The van der Waals surface area contributed by atoms with Crippen molar-refractivity contribution in [2.45, 2.75) is 57.9 Å². The molecule has 1 rings (SSSR count). The number of nitrogens with one attached hydrogen (secondary N) is 1. The molecular formula is C12H25ClN2O. The topological polar surface area (TPSA) is 55.1 Å². The van der Waals surface area contributed by atoms with E-state index in [9.17, 15) is 4.79 Å². The van der Waals surface area contributed by atoms with Crippen LogP contribution in [-0.4, -0.2) is 18.5 Å². The monoisotopic (exact) mass is 248 g/mol. The molecule has 0 aromatic carbocycles. The van der Waals surface area contributed by atoms with Crippen molar-refractivity contribution in [2.24, 2.45) is 11.7 Å². The van der Waals surface area contributed by atoms with Crippen molar-refractivity contribution in [1.29, 1.82) is 0 Å². The third kappa shape index (κ3) is 6.33. The molecular weight excluding hydrogens is 224 g/mol. The number of hydrogen-bond acceptors (Lipinski definition) is 2. The molecule has 96 valence electrons. The molecule has 1 aliphatic rings. The second-order valence-corrected chi connectivity index (χ2v) is 4.75. The Kier molecular flexibility index (Phi) is 8.67. The van der Waals surface area contributed by atoms with Gasteiger partial charge in [-0.25, -0.2) is 0 Å². The summed E-state index contributed by atoms with van der Waals surface area (Å²) < 4.78 is 0. The average molecular weight is 249 g/mol. The first-order valence-corrected chi connectivity index (χ1v) is 6.21. The Morgan fingerprint density at radius 2 is 2.00 bits per heavy atom. The summed E-state index contributed by atoms with van der Waals surface area (Å²) in [6, 6.07) is 0.115. The van der Waals surface area contributed by atoms with E-state index in [-0.39, 0.29) is 24.4 Å². The molecule has 1 atom stereocenters. The van der Waals surface area contributed by atoms with Crippen LogP contribution in [0.25, 0.3) is 0 Å². The normalized spacial score (nSPS) is 18.6. The van der Waals surface area contributed by atoms with E-state index in [1.165, 1.54) is 32.1 Å². The Bertz CT molecular complexity index is 193. The van der Waals surface area contributed by atoms with Gasteiger partial charge in [0.05, 0.1) is 0 Å². The summed E-state index contributed by atoms with van der Waals surface area (Å²) in [6.07, 6.45) is 8.46. The summed E-state index contributed by atoms with van der Waals surface area (Å²) >= 11 is 0. The van der Waals surface area contributed by atoms with Crippen molar-refractivity contribution in [1.82, 2.24) is 5.32 Å². The fourth-order valence-corrected chi connectivity index (χ4v) is 2.22. The van der Waals surface area contributed by atoms with Gasteiger partial charge in [0.2, 0.25) is 5.91 Å². The summed E-state index contributed by atoms with van der Waals surface area (Å²) in [7, 11) is 0. The van der Waals surface area contributed by atoms with Crippen molar-refractivity contribution in [2.75, 3.05) is 6.54 Å². The van der Waals surface area contributed by atoms with Crippen LogP contribution in [0.5, 0.6) is 0 Å². The minimum absolute atomic E-state index is 0. The van der Waals surface area contributed by atoms with E-state index in [2.05, 4.69) is 5.32 Å². The molecule has 4 heteroatoms. The third-order valence-electron chi connectivity index (χ3n) is 3.27. The summed E-state index contributed by atoms with van der Waals surface area (Å²) in [5.41, 5.74) is 5.44. The molecule has 3 nitrogen and oxygen atoms in total. The molecule has 0 aromatic rings. The molecule has 0 unspecified atom stereocenters. The van der Waals surface area contributed by atoms with E-state index in [1.807, 2.05) is 6.92 Å². The van der Waals surface area contributed by atoms with Gasteiger partial charge in [-0.2, -0.15) is 0 Å². The van der Waals surface area contributed by atoms with Crippen LogP contribution >= 0.6 is 12.4 Å². The van der Waals surface area contributed by atoms with Gasteiger partial charge in [-0.3, -0.25) is 4.79 Å². The highest BCUT2D eigenvalue weighted by molar-refractivity contribution is 5.85. The second kappa shape index (κ2) is 8.82. The van der Waals surface area contributed by atoms with Crippen LogP contribution in [-0.2, 0) is 4.79 Å². The van der Waals surface area contributed by atoms with E-state index in [4.69, 9.17) is 5.73 Å². The van der Waals surface area contributed by atoms with Crippen LogP contribution in [0.1, 0.15) is 51.9 Å². The number of amides is 1. The molecule has 0 radical (unpaired) electrons. The molecule has 0 aromatic heterocycles. The Hall–Kier alpha value is -0.280. The van der Waals surface area contributed by atoms with Crippen LogP contribution in [0.4, 0.5) is 0 Å². The minimum atomic E-state index is 0. The van der Waals surface area contributed by atoms with Crippen LogP contribution in [0.15, 0.2) is 0 Å². The van der Waals surface area contributed by atoms with Crippen LogP contribution in [0, 0.1) is 5.92 Å². The van der Waals surface area contributed by atoms with Gasteiger partial charge < -0.3 is 11.1 Å². The standard InChI is InChI=1S/C12H24N2O.ClH/c1-10(9-13)14-12(15)8-7-11-5-3-2-4-6-11;/h10-11H,2-9,13H2,1H3,(H,14,15);1H/t10-;/m0./s1. The molecule has 3 N–H and O–H groups in total. The summed E-state index contributed by atoms with van der Waals surface area (Å²) in [6.45, 7) is 2.47. The lowest BCUT2D eigenvalue weighted by Crippen LogP contribution is -2.37. The molecule has 0 aliphatic heterocycles. The lowest BCUT2D eigenvalue weighted by Gasteiger charge is -2.21. The van der Waals surface area contributed by atoms with Crippen molar-refractivity contribution in [3.05, 3.63) is 0 Å². The lowest BCUT2D eigenvalue weighted by atomic mass is 9.86. The van der Waals surface area contributed by atoms with E-state index in [0.29, 0.717) is 13.0 Å². The molecule has 16 heavy (non-hydrogen) atoms. The van der Waals surface area contributed by atoms with Crippen molar-refractivity contribution in [3.8, 4) is 0 Å². The van der Waals surface area contributed by atoms with Gasteiger partial charge >= 0.3 is 0 Å². The minimum Gasteiger partial charge on any atom is -0.352 e. The highest BCUT2D eigenvalue weighted by atomic mass is 35.5. The Morgan fingerprint density at radius 3 is 2.56 bits per heavy atom. The number of carbonyl (C=O) groups is 1. The Balaban J connectivity index is 0.00000225. The van der Waals surface area contributed by atoms with Crippen LogP contribution in [0.2, 0.25) is 0 Å². The zero-order chi connectivity index (χ0) is 11.1. The zero-order valence-electron chi connectivity index (χ0n) is 10.2. The molecule has 0 heterocycles. The van der Waals surface area contributed by atoms with Gasteiger partial charge in [-0.15, -0.1) is 12.4 Å². The van der Waals surface area contributed by atoms with Crippen LogP contribution < -0.4 is 11.1 Å². The zero-order valence-corrected chi connectivity index (χ0v) is 11.0. The summed E-state index contributed by atoms with van der Waals surface area (Å²) in [5, 5.41) is 2.91. The van der Waals surface area contributed by atoms with Crippen molar-refractivity contribution >= 4 is 18.3 Å². The van der Waals surface area contributed by atoms with E-state index < -0.39 is 0 Å². The second-order valence-electron chi connectivity index (χ2n) is 4.75. The quantitative estimate of drug-likeness (QED) is 0.784. The maximum absolute atomic E-state index is 11.5. The first-order chi connectivity index (χ1) is 7.22. The van der Waals surface area contributed by atoms with Gasteiger partial charge in [-0.1, -0.05) is 32.1 Å². The first kappa shape index (κ1) is 15.7. The molecule has 0 bridgehead atoms. The summed E-state index contributed by atoms with van der Waals surface area (Å²) in [4.78, 5) is 11.5. The van der Waals surface area contributed by atoms with E-state index in [0.717, 1.165) is 12.3 Å². The van der Waals surface area contributed by atoms with Crippen molar-refractivity contribution in [3.63, 3.8) is 0 Å². The predicted octanol–water partition coefficient (Wildman–Crippen LogP) is 2.23. The fraction of sp³-hybridized carbons (Fsp3) is 0.917. The highest BCUT2D eigenvalue weighted by Gasteiger charge is 2.15. The number of nitrogens with two attached hydrogens (primary N) is 1. The predicted molar refractivity (Wildman–Crippen MR) is 69.7 cm³/mol. The largest absolute Gasteiger partial charge is 0.352 e. The van der Waals surface area contributed by atoms with Gasteiger partial charge in [0.1, 0.15) is 0 Å². The lowest BCUT2D eigenvalue weighted by molar-refractivity contribution is -0.122. The Morgan fingerprint density at radius 1 is 1.38 bits per heavy atom. The maximum atomic E-state index is 11.5. The number of carbonyl (C=O) groups excluding carboxylic acids is 1. The third-order valence-corrected chi connectivity index (χ3v) is 3.27. The van der Waals surface area contributed by atoms with Gasteiger partial charge in [0, 0.05) is 19.0 Å². The van der Waals surface area contributed by atoms with Gasteiger partial charge in [0.15, 0.2) is 0 Å². The van der Waals surface area contributed by atoms with Gasteiger partial charge in [0.25, 0.3) is 0 Å². The Labute approximate surface area is 105 Å². The van der Waals surface area contributed by atoms with Gasteiger partial charge in [-0.05, 0) is 19.3 Å². The maximum Gasteiger partial charge on any atom is 0.220 e. The number of hydrogen-bond donors (Lipinski definition) is 2. The first-order valence-electron chi connectivity index (χ1n) is 6.21. The SMILES string of the molecule is C[C@@H](CN)NC(=O)CCC1CCCCC1.Cl. The molecule has 1 aliphatic carbocycles. The van der Waals surface area contributed by atoms with Crippen LogP contribution in [0.3, 0.4) is 0 Å². The van der Waals surface area contributed by atoms with E-state index in [1.54, 1.807) is 0 Å².